The molecule has 7 heteroatoms. The molecule has 1 aliphatic rings. The monoisotopic (exact) mass is 298 g/mol. The molecule has 1 amide bonds. The van der Waals surface area contributed by atoms with Gasteiger partial charge < -0.3 is 5.32 Å². The van der Waals surface area contributed by atoms with Gasteiger partial charge in [0.2, 0.25) is 15.9 Å². The van der Waals surface area contributed by atoms with E-state index in [4.69, 9.17) is 0 Å². The Hall–Kier alpha value is -0.140. The van der Waals surface area contributed by atoms with Crippen LogP contribution in [-0.4, -0.2) is 42.9 Å². The largest absolute Gasteiger partial charge is 0.358 e. The molecule has 1 rings (SSSR count). The standard InChI is InChI=1S/C8H15BrN2O3S/c1-10-8(12)7-4-2-3-5-11(7)15(13,14)6-9/h7H,2-6H2,1H3,(H,10,12). The number of sulfonamides is 1. The smallest absolute Gasteiger partial charge is 0.238 e. The van der Waals surface area contributed by atoms with Crippen LogP contribution >= 0.6 is 15.9 Å². The van der Waals surface area contributed by atoms with Crippen LogP contribution in [0.2, 0.25) is 0 Å². The number of piperidine rings is 1. The number of hydrogen-bond acceptors (Lipinski definition) is 3. The summed E-state index contributed by atoms with van der Waals surface area (Å²) in [6.45, 7) is 0.437. The predicted octanol–water partition coefficient (Wildman–Crippen LogP) is 0.269. The highest BCUT2D eigenvalue weighted by Gasteiger charge is 2.35. The summed E-state index contributed by atoms with van der Waals surface area (Å²) >= 11 is 2.94. The van der Waals surface area contributed by atoms with Gasteiger partial charge in [0.15, 0.2) is 0 Å². The number of carbonyl (C=O) groups excluding carboxylic acids is 1. The quantitative estimate of drug-likeness (QED) is 0.761. The van der Waals surface area contributed by atoms with Gasteiger partial charge >= 0.3 is 0 Å². The van der Waals surface area contributed by atoms with Gasteiger partial charge in [0, 0.05) is 13.6 Å². The van der Waals surface area contributed by atoms with Crippen molar-refractivity contribution in [3.8, 4) is 0 Å². The van der Waals surface area contributed by atoms with E-state index in [1.54, 1.807) is 0 Å². The second kappa shape index (κ2) is 5.27. The predicted molar refractivity (Wildman–Crippen MR) is 61.1 cm³/mol. The highest BCUT2D eigenvalue weighted by Crippen LogP contribution is 2.21. The molecule has 1 fully saturated rings. The van der Waals surface area contributed by atoms with Crippen LogP contribution in [0.4, 0.5) is 0 Å². The lowest BCUT2D eigenvalue weighted by Crippen LogP contribution is -2.51. The number of halogens is 1. The molecule has 0 aromatic rings. The molecule has 1 unspecified atom stereocenters. The molecular formula is C8H15BrN2O3S. The van der Waals surface area contributed by atoms with E-state index in [1.807, 2.05) is 0 Å². The van der Waals surface area contributed by atoms with Gasteiger partial charge in [-0.3, -0.25) is 4.79 Å². The first kappa shape index (κ1) is 12.9. The fourth-order valence-corrected chi connectivity index (χ4v) is 3.64. The zero-order valence-electron chi connectivity index (χ0n) is 8.57. The Kier molecular flexibility index (Phi) is 4.54. The van der Waals surface area contributed by atoms with E-state index in [1.165, 1.54) is 11.4 Å². The molecule has 0 spiro atoms. The minimum atomic E-state index is -3.34. The van der Waals surface area contributed by atoms with Gasteiger partial charge in [0.05, 0.1) is 0 Å². The summed E-state index contributed by atoms with van der Waals surface area (Å²) in [5.41, 5.74) is 0. The number of likely N-dealkylation sites (N-methyl/N-ethyl adjacent to an activating group) is 1. The number of hydrogen-bond donors (Lipinski definition) is 1. The normalized spacial score (nSPS) is 23.7. The second-order valence-corrected chi connectivity index (χ2v) is 6.68. The number of carbonyl (C=O) groups is 1. The lowest BCUT2D eigenvalue weighted by atomic mass is 10.0. The minimum Gasteiger partial charge on any atom is -0.358 e. The van der Waals surface area contributed by atoms with Crippen LogP contribution in [0.3, 0.4) is 0 Å². The van der Waals surface area contributed by atoms with E-state index in [9.17, 15) is 13.2 Å². The molecule has 0 aromatic heterocycles. The van der Waals surface area contributed by atoms with Crippen molar-refractivity contribution in [3.05, 3.63) is 0 Å². The third-order valence-corrected chi connectivity index (χ3v) is 5.66. The SMILES string of the molecule is CNC(=O)C1CCCCN1S(=O)(=O)CBr. The van der Waals surface area contributed by atoms with E-state index in [0.717, 1.165) is 12.8 Å². The van der Waals surface area contributed by atoms with Crippen LogP contribution in [0.15, 0.2) is 0 Å². The Bertz CT molecular complexity index is 331. The minimum absolute atomic E-state index is 0.131. The topological polar surface area (TPSA) is 66.5 Å². The average Bonchev–Trinajstić information content (AvgIpc) is 2.28. The highest BCUT2D eigenvalue weighted by atomic mass is 79.9. The summed E-state index contributed by atoms with van der Waals surface area (Å²) in [6, 6.07) is -0.536. The fraction of sp³-hybridized carbons (Fsp3) is 0.875. The fourth-order valence-electron chi connectivity index (χ4n) is 1.73. The molecule has 0 aliphatic carbocycles. The van der Waals surface area contributed by atoms with Crippen LogP contribution in [-0.2, 0) is 14.8 Å². The molecule has 0 bridgehead atoms. The van der Waals surface area contributed by atoms with E-state index in [2.05, 4.69) is 21.2 Å². The van der Waals surface area contributed by atoms with Gasteiger partial charge in [-0.05, 0) is 12.8 Å². The molecule has 0 radical (unpaired) electrons. The van der Waals surface area contributed by atoms with Crippen LogP contribution in [0.25, 0.3) is 0 Å². The van der Waals surface area contributed by atoms with E-state index in [-0.39, 0.29) is 10.6 Å². The first-order valence-corrected chi connectivity index (χ1v) is 7.53. The van der Waals surface area contributed by atoms with Gasteiger partial charge in [-0.1, -0.05) is 22.4 Å². The summed E-state index contributed by atoms with van der Waals surface area (Å²) < 4.78 is 24.5. The molecule has 88 valence electrons. The van der Waals surface area contributed by atoms with Crippen LogP contribution in [0.5, 0.6) is 0 Å². The first-order valence-electron chi connectivity index (χ1n) is 4.80. The van der Waals surface area contributed by atoms with Crippen LogP contribution < -0.4 is 5.32 Å². The summed E-state index contributed by atoms with van der Waals surface area (Å²) in [5, 5.41) is 2.50. The lowest BCUT2D eigenvalue weighted by Gasteiger charge is -2.32. The zero-order valence-corrected chi connectivity index (χ0v) is 11.0. The van der Waals surface area contributed by atoms with Crippen molar-refractivity contribution < 1.29 is 13.2 Å². The number of amides is 1. The van der Waals surface area contributed by atoms with Crippen molar-refractivity contribution in [3.63, 3.8) is 0 Å². The molecule has 0 saturated carbocycles. The highest BCUT2D eigenvalue weighted by molar-refractivity contribution is 9.10. The molecule has 0 aromatic carbocycles. The van der Waals surface area contributed by atoms with Crippen LogP contribution in [0.1, 0.15) is 19.3 Å². The van der Waals surface area contributed by atoms with E-state index < -0.39 is 16.1 Å². The summed E-state index contributed by atoms with van der Waals surface area (Å²) in [4.78, 5) is 11.5. The van der Waals surface area contributed by atoms with Crippen LogP contribution in [0, 0.1) is 0 Å². The summed E-state index contributed by atoms with van der Waals surface area (Å²) in [6.07, 6.45) is 2.32. The third kappa shape index (κ3) is 2.92. The second-order valence-electron chi connectivity index (χ2n) is 3.46. The first-order chi connectivity index (χ1) is 7.03. The molecule has 1 saturated heterocycles. The summed E-state index contributed by atoms with van der Waals surface area (Å²) in [5.74, 6) is -0.223. The van der Waals surface area contributed by atoms with Crippen molar-refractivity contribution in [1.29, 1.82) is 0 Å². The lowest BCUT2D eigenvalue weighted by molar-refractivity contribution is -0.125. The number of alkyl halides is 1. The molecule has 5 nitrogen and oxygen atoms in total. The van der Waals surface area contributed by atoms with Crippen molar-refractivity contribution in [2.75, 3.05) is 18.3 Å². The van der Waals surface area contributed by atoms with Gasteiger partial charge in [0.1, 0.15) is 10.7 Å². The van der Waals surface area contributed by atoms with Crippen molar-refractivity contribution >= 4 is 31.9 Å². The molecule has 1 N–H and O–H groups in total. The van der Waals surface area contributed by atoms with Crippen molar-refractivity contribution in [2.24, 2.45) is 0 Å². The Morgan fingerprint density at radius 3 is 2.73 bits per heavy atom. The van der Waals surface area contributed by atoms with Crippen molar-refractivity contribution in [1.82, 2.24) is 9.62 Å². The number of nitrogens with zero attached hydrogens (tertiary/aromatic N) is 1. The molecular weight excluding hydrogens is 284 g/mol. The Balaban J connectivity index is 2.88. The van der Waals surface area contributed by atoms with E-state index >= 15 is 0 Å². The van der Waals surface area contributed by atoms with Gasteiger partial charge in [-0.15, -0.1) is 0 Å². The maximum absolute atomic E-state index is 11.7. The Morgan fingerprint density at radius 2 is 2.20 bits per heavy atom. The Morgan fingerprint density at radius 1 is 1.53 bits per heavy atom. The maximum atomic E-state index is 11.7. The maximum Gasteiger partial charge on any atom is 0.238 e. The van der Waals surface area contributed by atoms with E-state index in [0.29, 0.717) is 13.0 Å². The summed E-state index contributed by atoms with van der Waals surface area (Å²) in [7, 11) is -1.81. The molecule has 1 aliphatic heterocycles. The van der Waals surface area contributed by atoms with Gasteiger partial charge in [0.25, 0.3) is 0 Å². The molecule has 1 atom stereocenters. The number of rotatable bonds is 3. The molecule has 15 heavy (non-hydrogen) atoms. The van der Waals surface area contributed by atoms with Gasteiger partial charge in [-0.25, -0.2) is 8.42 Å². The van der Waals surface area contributed by atoms with Crippen molar-refractivity contribution in [2.45, 2.75) is 25.3 Å². The Labute approximate surface area is 98.4 Å². The van der Waals surface area contributed by atoms with Gasteiger partial charge in [-0.2, -0.15) is 4.31 Å². The number of nitrogens with one attached hydrogen (secondary N) is 1. The average molecular weight is 299 g/mol. The third-order valence-electron chi connectivity index (χ3n) is 2.50. The zero-order chi connectivity index (χ0) is 11.5. The molecule has 1 heterocycles.